The first-order valence-corrected chi connectivity index (χ1v) is 17.4. The van der Waals surface area contributed by atoms with Crippen LogP contribution in [0.15, 0.2) is 25.2 Å². The summed E-state index contributed by atoms with van der Waals surface area (Å²) in [5, 5.41) is 26.3. The van der Waals surface area contributed by atoms with E-state index in [-0.39, 0.29) is 76.1 Å². The normalized spacial score (nSPS) is 36.3. The fraction of sp³-hybridized carbons (Fsp3) is 0.542. The van der Waals surface area contributed by atoms with E-state index in [4.69, 9.17) is 33.3 Å². The number of aliphatic hydroxyl groups is 2. The summed E-state index contributed by atoms with van der Waals surface area (Å²) in [6.45, 7) is -0.967. The predicted octanol–water partition coefficient (Wildman–Crippen LogP) is -7.51. The topological polar surface area (TPSA) is 288 Å². The Morgan fingerprint density at radius 3 is 2.31 bits per heavy atom. The number of ether oxygens (including phenoxy) is 2. The molecule has 4 aromatic heterocycles. The van der Waals surface area contributed by atoms with Crippen LogP contribution in [0.4, 0.5) is 11.6 Å². The van der Waals surface area contributed by atoms with Gasteiger partial charge in [-0.2, -0.15) is 0 Å². The van der Waals surface area contributed by atoms with Crippen LogP contribution >= 0.6 is 15.6 Å². The summed E-state index contributed by atoms with van der Waals surface area (Å²) >= 11 is 0. The molecule has 0 saturated carbocycles. The zero-order chi connectivity index (χ0) is 32.7. The number of phosphoric ester groups is 2. The third-order valence-corrected chi connectivity index (χ3v) is 10.4. The monoisotopic (exact) mass is 741 g/mol. The standard InChI is InChI=1S/C24H29N9O12P2.2Na/c25-19-14-22(30-7-27-19)33(9-31-14)24-18-15(34)11(42-24)5-40-46(36,37)44-17-12(6-41-47(38,39)45-18)43-23(16(17)35)32-4-10-2-1-3-26-20-13(10)21(32)29-8-28-20;;/h4,7-9,11-12,15-18,23-24,34-35H,1-3,5-6H2,(H,36,37)(H,38,39)(H2,25,27,30)(H,26,28,29);;/q;2*+1/p-2/t11-,12-,15-,16-,17-,18-,23-,24-;;/m1../s1. The van der Waals surface area contributed by atoms with Crippen molar-refractivity contribution in [3.63, 3.8) is 0 Å². The second kappa shape index (κ2) is 14.3. The van der Waals surface area contributed by atoms with Gasteiger partial charge >= 0.3 is 59.1 Å². The van der Waals surface area contributed by atoms with Crippen molar-refractivity contribution in [1.29, 1.82) is 0 Å². The van der Waals surface area contributed by atoms with Gasteiger partial charge in [-0.15, -0.1) is 0 Å². The van der Waals surface area contributed by atoms with E-state index in [0.29, 0.717) is 29.8 Å². The third-order valence-electron chi connectivity index (χ3n) is 8.46. The Hall–Kier alpha value is -1.17. The van der Waals surface area contributed by atoms with Gasteiger partial charge in [0.15, 0.2) is 23.9 Å². The van der Waals surface area contributed by atoms with Gasteiger partial charge in [0, 0.05) is 12.7 Å². The van der Waals surface area contributed by atoms with Crippen LogP contribution < -0.4 is 80.0 Å². The van der Waals surface area contributed by atoms with Gasteiger partial charge in [0.05, 0.1) is 24.9 Å². The van der Waals surface area contributed by atoms with Crippen LogP contribution in [0.3, 0.4) is 0 Å². The van der Waals surface area contributed by atoms with Gasteiger partial charge in [-0.25, -0.2) is 24.9 Å². The molecule has 0 radical (unpaired) electrons. The molecule has 8 heterocycles. The van der Waals surface area contributed by atoms with E-state index in [1.807, 2.05) is 0 Å². The molecule has 2 bridgehead atoms. The minimum atomic E-state index is -5.30. The molecule has 25 heteroatoms. The van der Waals surface area contributed by atoms with Crippen molar-refractivity contribution in [2.45, 2.75) is 61.9 Å². The summed E-state index contributed by atoms with van der Waals surface area (Å²) in [7, 11) is -10.6. The van der Waals surface area contributed by atoms with Crippen molar-refractivity contribution in [3.05, 3.63) is 30.7 Å². The fourth-order valence-electron chi connectivity index (χ4n) is 6.32. The van der Waals surface area contributed by atoms with Crippen LogP contribution in [0.5, 0.6) is 0 Å². The predicted molar refractivity (Wildman–Crippen MR) is 151 cm³/mol. The number of anilines is 2. The Labute approximate surface area is 320 Å². The van der Waals surface area contributed by atoms with Gasteiger partial charge in [0.2, 0.25) is 0 Å². The van der Waals surface area contributed by atoms with Crippen LogP contribution in [-0.2, 0) is 43.1 Å². The van der Waals surface area contributed by atoms with Crippen molar-refractivity contribution in [2.24, 2.45) is 0 Å². The number of fused-ring (bicyclic) bond motifs is 4. The van der Waals surface area contributed by atoms with E-state index in [2.05, 4.69) is 30.2 Å². The Bertz CT molecular complexity index is 1960. The molecule has 0 spiro atoms. The average Bonchev–Trinajstić information content (AvgIpc) is 3.74. The van der Waals surface area contributed by atoms with Gasteiger partial charge in [0.1, 0.15) is 66.3 Å². The van der Waals surface area contributed by atoms with Crippen molar-refractivity contribution in [3.8, 4) is 0 Å². The summed E-state index contributed by atoms with van der Waals surface area (Å²) in [4.78, 5) is 47.0. The van der Waals surface area contributed by atoms with Crippen molar-refractivity contribution in [2.75, 3.05) is 30.8 Å². The first-order chi connectivity index (χ1) is 22.5. The SMILES string of the molecule is Nc1ncnc2c1ncn2[C@@H]1O[C@@H]2COP(=O)([O-])O[C@H]3[C@@H](O)[C@H](n4cc5c6c(ncnc64)NCCC5)O[C@@H]3COP(=O)([O-])O[C@@H]1[C@@H]2O.[Na+].[Na+]. The van der Waals surface area contributed by atoms with Gasteiger partial charge in [-0.3, -0.25) is 13.7 Å². The number of hydrogen-bond acceptors (Lipinski definition) is 19. The van der Waals surface area contributed by atoms with E-state index in [0.717, 1.165) is 18.3 Å². The molecule has 10 atom stereocenters. The summed E-state index contributed by atoms with van der Waals surface area (Å²) in [5.74, 6) is 0.618. The number of hydrogen-bond donors (Lipinski definition) is 4. The fourth-order valence-corrected chi connectivity index (χ4v) is 8.18. The summed E-state index contributed by atoms with van der Waals surface area (Å²) in [6.07, 6.45) is -5.53. The molecule has 3 saturated heterocycles. The molecule has 0 aromatic carbocycles. The quantitative estimate of drug-likeness (QED) is 0.110. The number of rotatable bonds is 2. The van der Waals surface area contributed by atoms with Crippen LogP contribution in [-0.4, -0.2) is 101 Å². The second-order valence-electron chi connectivity index (χ2n) is 11.3. The minimum absolute atomic E-state index is 0. The van der Waals surface area contributed by atoms with Crippen LogP contribution in [0.1, 0.15) is 24.4 Å². The molecule has 5 N–H and O–H groups in total. The maximum absolute atomic E-state index is 13.2. The smallest absolute Gasteiger partial charge is 0.756 e. The number of nitrogens with two attached hydrogens (primary N) is 1. The zero-order valence-electron chi connectivity index (χ0n) is 26.0. The first-order valence-electron chi connectivity index (χ1n) is 14.5. The molecule has 4 aromatic rings. The van der Waals surface area contributed by atoms with Crippen molar-refractivity contribution in [1.82, 2.24) is 34.1 Å². The molecule has 252 valence electrons. The number of aliphatic hydroxyl groups excluding tert-OH is 2. The number of nitrogen functional groups attached to an aromatic ring is 1. The zero-order valence-corrected chi connectivity index (χ0v) is 31.8. The van der Waals surface area contributed by atoms with Gasteiger partial charge in [0.25, 0.3) is 15.6 Å². The number of aryl methyl sites for hydroxylation is 1. The Kier molecular flexibility index (Phi) is 11.0. The van der Waals surface area contributed by atoms with E-state index < -0.39 is 77.9 Å². The number of nitrogens with one attached hydrogen (secondary N) is 1. The Morgan fingerprint density at radius 2 is 1.53 bits per heavy atom. The molecule has 4 aliphatic heterocycles. The molecular weight excluding hydrogens is 714 g/mol. The molecule has 0 amide bonds. The summed E-state index contributed by atoms with van der Waals surface area (Å²) < 4.78 is 61.7. The first kappa shape index (κ1) is 37.6. The Morgan fingerprint density at radius 1 is 0.857 bits per heavy atom. The van der Waals surface area contributed by atoms with E-state index in [1.54, 1.807) is 6.20 Å². The molecule has 49 heavy (non-hydrogen) atoms. The maximum Gasteiger partial charge on any atom is 1.00 e. The van der Waals surface area contributed by atoms with Crippen molar-refractivity contribution >= 4 is 49.5 Å². The number of imidazole rings is 1. The van der Waals surface area contributed by atoms with E-state index in [1.165, 1.54) is 21.8 Å². The summed E-state index contributed by atoms with van der Waals surface area (Å²) in [6, 6.07) is 0. The molecule has 4 aliphatic rings. The number of aromatic nitrogens is 7. The molecule has 3 fully saturated rings. The van der Waals surface area contributed by atoms with E-state index >= 15 is 0 Å². The molecule has 2 unspecified atom stereocenters. The average molecular weight is 741 g/mol. The minimum Gasteiger partial charge on any atom is -0.756 e. The van der Waals surface area contributed by atoms with Crippen molar-refractivity contribution < 1.29 is 116 Å². The molecule has 21 nitrogen and oxygen atoms in total. The third kappa shape index (κ3) is 6.90. The maximum atomic E-state index is 13.2. The Balaban J connectivity index is 0.00000208. The second-order valence-corrected chi connectivity index (χ2v) is 14.1. The van der Waals surface area contributed by atoms with Crippen LogP contribution in [0.25, 0.3) is 22.2 Å². The number of nitrogens with zero attached hydrogens (tertiary/aromatic N) is 7. The molecule has 0 aliphatic carbocycles. The molecular formula is C24H27N9Na2O12P2. The largest absolute Gasteiger partial charge is 1.00 e. The summed E-state index contributed by atoms with van der Waals surface area (Å²) in [5.41, 5.74) is 7.41. The molecule has 8 rings (SSSR count). The van der Waals surface area contributed by atoms with Crippen LogP contribution in [0, 0.1) is 0 Å². The van der Waals surface area contributed by atoms with Crippen LogP contribution in [0.2, 0.25) is 0 Å². The van der Waals surface area contributed by atoms with Gasteiger partial charge < -0.3 is 63.2 Å². The van der Waals surface area contributed by atoms with Gasteiger partial charge in [-0.05, 0) is 18.4 Å². The number of phosphoric acid groups is 2. The van der Waals surface area contributed by atoms with E-state index in [9.17, 15) is 29.1 Å². The van der Waals surface area contributed by atoms with Gasteiger partial charge in [-0.1, -0.05) is 0 Å².